The van der Waals surface area contributed by atoms with Gasteiger partial charge in [-0.05, 0) is 161 Å². The number of nitrogens with zero attached hydrogens (tertiary/aromatic N) is 1. The van der Waals surface area contributed by atoms with Crippen LogP contribution in [0.5, 0.6) is 11.5 Å². The summed E-state index contributed by atoms with van der Waals surface area (Å²) in [5.74, 6) is 5.51. The first-order chi connectivity index (χ1) is 24.7. The van der Waals surface area contributed by atoms with Crippen LogP contribution in [0.25, 0.3) is 0 Å². The Morgan fingerprint density at radius 1 is 0.538 bits per heavy atom. The summed E-state index contributed by atoms with van der Waals surface area (Å²) in [4.78, 5) is 2.73. The quantitative estimate of drug-likeness (QED) is 0.213. The standard InChI is InChI=1S/C50H57NO/c1-45(2)21-23-47(5,6)43-34(45)14-11-16-37(43)51(38-17-12-15-35-44(38)48(7,8)24-22-46(35,3)4)32-19-20-40-36(28-32)50(33-13-9-10-18-39(33)52-40)41-26-30-25-31-27-42(50)49(31,41)29-30/h9-20,28,30-31,41-42H,21-27,29H2,1-8H3/t30?,31-,41?,42?,49?,50?/m1/s1. The van der Waals surface area contributed by atoms with E-state index in [1.54, 1.807) is 0 Å². The van der Waals surface area contributed by atoms with Gasteiger partial charge >= 0.3 is 0 Å². The van der Waals surface area contributed by atoms with Crippen LogP contribution in [0, 0.1) is 29.1 Å². The van der Waals surface area contributed by atoms with Crippen molar-refractivity contribution in [2.75, 3.05) is 4.90 Å². The Bertz CT molecular complexity index is 2120. The van der Waals surface area contributed by atoms with Gasteiger partial charge in [-0.1, -0.05) is 97.9 Å². The second-order valence-electron chi connectivity index (χ2n) is 21.1. The van der Waals surface area contributed by atoms with Gasteiger partial charge in [0.25, 0.3) is 0 Å². The van der Waals surface area contributed by atoms with Crippen molar-refractivity contribution in [3.8, 4) is 11.5 Å². The van der Waals surface area contributed by atoms with Crippen LogP contribution < -0.4 is 9.64 Å². The third-order valence-electron chi connectivity index (χ3n) is 16.9. The molecule has 4 aromatic carbocycles. The lowest BCUT2D eigenvalue weighted by Gasteiger charge is -2.77. The maximum absolute atomic E-state index is 6.93. The van der Waals surface area contributed by atoms with Crippen molar-refractivity contribution < 1.29 is 4.74 Å². The Hall–Kier alpha value is -3.52. The lowest BCUT2D eigenvalue weighted by atomic mass is 9.26. The highest BCUT2D eigenvalue weighted by Crippen LogP contribution is 2.89. The fourth-order valence-electron chi connectivity index (χ4n) is 14.4. The molecule has 1 aliphatic heterocycles. The molecule has 4 aromatic rings. The molecule has 2 spiro atoms. The molecule has 2 heteroatoms. The molecule has 11 rings (SSSR count). The number of fused-ring (bicyclic) bond motifs is 9. The first-order valence-electron chi connectivity index (χ1n) is 20.7. The zero-order valence-corrected chi connectivity index (χ0v) is 32.8. The Morgan fingerprint density at radius 2 is 1.10 bits per heavy atom. The molecule has 4 fully saturated rings. The molecule has 2 nitrogen and oxygen atoms in total. The molecule has 268 valence electrons. The minimum atomic E-state index is 0.0479. The van der Waals surface area contributed by atoms with Crippen molar-refractivity contribution in [3.63, 3.8) is 0 Å². The van der Waals surface area contributed by atoms with E-state index in [2.05, 4.69) is 139 Å². The van der Waals surface area contributed by atoms with Gasteiger partial charge in [0, 0.05) is 22.2 Å². The fourth-order valence-corrected chi connectivity index (χ4v) is 14.4. The Balaban J connectivity index is 1.19. The van der Waals surface area contributed by atoms with Crippen LogP contribution in [-0.4, -0.2) is 0 Å². The van der Waals surface area contributed by atoms with E-state index in [1.807, 2.05) is 0 Å². The van der Waals surface area contributed by atoms with Crippen LogP contribution in [0.3, 0.4) is 0 Å². The molecule has 0 amide bonds. The van der Waals surface area contributed by atoms with E-state index in [-0.39, 0.29) is 27.1 Å². The molecule has 0 aromatic heterocycles. The maximum atomic E-state index is 6.93. The second-order valence-corrected chi connectivity index (χ2v) is 21.1. The summed E-state index contributed by atoms with van der Waals surface area (Å²) >= 11 is 0. The van der Waals surface area contributed by atoms with Crippen LogP contribution >= 0.6 is 0 Å². The minimum Gasteiger partial charge on any atom is -0.457 e. The van der Waals surface area contributed by atoms with E-state index in [4.69, 9.17) is 4.74 Å². The summed E-state index contributed by atoms with van der Waals surface area (Å²) in [6, 6.07) is 31.0. The molecule has 6 atom stereocenters. The van der Waals surface area contributed by atoms with Gasteiger partial charge in [0.1, 0.15) is 11.5 Å². The molecule has 4 saturated carbocycles. The second kappa shape index (κ2) is 9.77. The van der Waals surface area contributed by atoms with Gasteiger partial charge in [0.2, 0.25) is 0 Å². The van der Waals surface area contributed by atoms with Crippen LogP contribution in [0.1, 0.15) is 140 Å². The van der Waals surface area contributed by atoms with Crippen LogP contribution in [-0.2, 0) is 27.1 Å². The van der Waals surface area contributed by atoms with Gasteiger partial charge in [0.15, 0.2) is 0 Å². The summed E-state index contributed by atoms with van der Waals surface area (Å²) in [6.45, 7) is 19.9. The fraction of sp³-hybridized carbons (Fsp3) is 0.520. The van der Waals surface area contributed by atoms with Gasteiger partial charge in [0.05, 0.1) is 11.4 Å². The van der Waals surface area contributed by atoms with E-state index in [0.717, 1.165) is 35.2 Å². The zero-order valence-electron chi connectivity index (χ0n) is 32.8. The monoisotopic (exact) mass is 687 g/mol. The Morgan fingerprint density at radius 3 is 1.73 bits per heavy atom. The van der Waals surface area contributed by atoms with E-state index >= 15 is 0 Å². The maximum Gasteiger partial charge on any atom is 0.131 e. The van der Waals surface area contributed by atoms with Crippen molar-refractivity contribution in [1.82, 2.24) is 0 Å². The molecular formula is C50H57NO. The number of hydrogen-bond acceptors (Lipinski definition) is 2. The number of ether oxygens (including phenoxy) is 1. The van der Waals surface area contributed by atoms with Gasteiger partial charge in [-0.25, -0.2) is 0 Å². The summed E-state index contributed by atoms with van der Waals surface area (Å²) in [5.41, 5.74) is 14.1. The third-order valence-corrected chi connectivity index (χ3v) is 16.9. The minimum absolute atomic E-state index is 0.0479. The third kappa shape index (κ3) is 3.69. The lowest BCUT2D eigenvalue weighted by Crippen LogP contribution is -2.74. The van der Waals surface area contributed by atoms with Gasteiger partial charge in [-0.2, -0.15) is 0 Å². The molecule has 0 saturated heterocycles. The highest BCUT2D eigenvalue weighted by molar-refractivity contribution is 5.85. The molecule has 1 heterocycles. The first-order valence-corrected chi connectivity index (χ1v) is 20.7. The Kier molecular flexibility index (Phi) is 6.00. The van der Waals surface area contributed by atoms with Crippen molar-refractivity contribution >= 4 is 17.1 Å². The predicted molar refractivity (Wildman–Crippen MR) is 214 cm³/mol. The summed E-state index contributed by atoms with van der Waals surface area (Å²) < 4.78 is 6.93. The van der Waals surface area contributed by atoms with E-state index in [1.165, 1.54) is 102 Å². The summed E-state index contributed by atoms with van der Waals surface area (Å²) in [7, 11) is 0. The van der Waals surface area contributed by atoms with Gasteiger partial charge in [-0.3, -0.25) is 0 Å². The molecule has 2 bridgehead atoms. The van der Waals surface area contributed by atoms with E-state index < -0.39 is 0 Å². The molecule has 0 radical (unpaired) electrons. The predicted octanol–water partition coefficient (Wildman–Crippen LogP) is 13.3. The SMILES string of the molecule is CC1(C)CCC(C)(C)c2c(N(c3ccc4c(c3)C3(c5ccccc5O4)C4CC5C[C@@H]6CC3C46C5)c3cccc4c3C(C)(C)CCC4(C)C)cccc21. The number of benzene rings is 4. The van der Waals surface area contributed by atoms with Crippen molar-refractivity contribution in [3.05, 3.63) is 112 Å². The molecule has 7 aliphatic rings. The number of hydrogen-bond donors (Lipinski definition) is 0. The molecule has 6 aliphatic carbocycles. The highest BCUT2D eigenvalue weighted by atomic mass is 16.5. The van der Waals surface area contributed by atoms with Crippen LogP contribution in [0.4, 0.5) is 17.1 Å². The first kappa shape index (κ1) is 32.0. The number of para-hydroxylation sites is 1. The topological polar surface area (TPSA) is 12.5 Å². The zero-order chi connectivity index (χ0) is 35.8. The number of rotatable bonds is 3. The summed E-state index contributed by atoms with van der Waals surface area (Å²) in [6.07, 6.45) is 10.5. The molecular weight excluding hydrogens is 631 g/mol. The molecule has 52 heavy (non-hydrogen) atoms. The van der Waals surface area contributed by atoms with Crippen molar-refractivity contribution in [1.29, 1.82) is 0 Å². The summed E-state index contributed by atoms with van der Waals surface area (Å²) in [5, 5.41) is 0. The van der Waals surface area contributed by atoms with Crippen LogP contribution in [0.15, 0.2) is 78.9 Å². The van der Waals surface area contributed by atoms with Gasteiger partial charge in [-0.15, -0.1) is 0 Å². The van der Waals surface area contributed by atoms with Crippen molar-refractivity contribution in [2.24, 2.45) is 29.1 Å². The average Bonchev–Trinajstić information content (AvgIpc) is 3.64. The van der Waals surface area contributed by atoms with E-state index in [0.29, 0.717) is 5.41 Å². The van der Waals surface area contributed by atoms with Gasteiger partial charge < -0.3 is 9.64 Å². The Labute approximate surface area is 312 Å². The van der Waals surface area contributed by atoms with Crippen molar-refractivity contribution in [2.45, 2.75) is 134 Å². The molecule has 5 unspecified atom stereocenters. The van der Waals surface area contributed by atoms with E-state index in [9.17, 15) is 0 Å². The largest absolute Gasteiger partial charge is 0.457 e. The molecule has 0 N–H and O–H groups in total. The number of anilines is 3. The smallest absolute Gasteiger partial charge is 0.131 e. The lowest BCUT2D eigenvalue weighted by molar-refractivity contribution is -0.235. The average molecular weight is 688 g/mol. The van der Waals surface area contributed by atoms with Crippen LogP contribution in [0.2, 0.25) is 0 Å². The highest BCUT2D eigenvalue weighted by Gasteiger charge is 2.84. The normalized spacial score (nSPS) is 33.7.